The normalized spacial score (nSPS) is 11.2. The summed E-state index contributed by atoms with van der Waals surface area (Å²) >= 11 is 1.48. The van der Waals surface area contributed by atoms with Crippen molar-refractivity contribution in [1.29, 1.82) is 0 Å². The highest BCUT2D eigenvalue weighted by Crippen LogP contribution is 2.29. The molecule has 6 nitrogen and oxygen atoms in total. The van der Waals surface area contributed by atoms with Gasteiger partial charge < -0.3 is 0 Å². The number of aromatic nitrogens is 2. The molecule has 0 spiro atoms. The van der Waals surface area contributed by atoms with E-state index in [1.807, 2.05) is 19.9 Å². The van der Waals surface area contributed by atoms with Crippen LogP contribution in [0.15, 0.2) is 59.8 Å². The summed E-state index contributed by atoms with van der Waals surface area (Å²) < 4.78 is 38.3. The number of aryl methyl sites for hydroxylation is 2. The number of carbonyl (C=O) groups excluding carboxylic acids is 2. The predicted molar refractivity (Wildman–Crippen MR) is 118 cm³/mol. The number of carbonyl (C=O) groups is 2. The molecule has 2 N–H and O–H groups in total. The summed E-state index contributed by atoms with van der Waals surface area (Å²) in [6.45, 7) is 3.81. The Labute approximate surface area is 193 Å². The standard InChI is InChI=1S/C23H21F3N4O2S/c1-14-10-15(2)28-22(27-14)33-13-16-6-8-18(9-7-16)21(32)30-29-20(31)12-17-4-3-5-19(11-17)23(24,25)26/h3-11H,12-13H2,1-2H3,(H,29,31)(H,30,32). The van der Waals surface area contributed by atoms with Gasteiger partial charge in [0.1, 0.15) is 0 Å². The van der Waals surface area contributed by atoms with Gasteiger partial charge in [0.15, 0.2) is 5.16 Å². The number of hydrogen-bond donors (Lipinski definition) is 2. The first-order chi connectivity index (χ1) is 15.6. The van der Waals surface area contributed by atoms with E-state index in [1.54, 1.807) is 24.3 Å². The van der Waals surface area contributed by atoms with Crippen LogP contribution in [0.4, 0.5) is 13.2 Å². The third-order valence-electron chi connectivity index (χ3n) is 4.48. The van der Waals surface area contributed by atoms with Crippen molar-refractivity contribution in [1.82, 2.24) is 20.8 Å². The summed E-state index contributed by atoms with van der Waals surface area (Å²) in [5.74, 6) is -0.549. The van der Waals surface area contributed by atoms with Crippen LogP contribution in [-0.2, 0) is 23.1 Å². The minimum Gasteiger partial charge on any atom is -0.273 e. The van der Waals surface area contributed by atoms with Gasteiger partial charge in [-0.2, -0.15) is 13.2 Å². The minimum atomic E-state index is -4.49. The molecule has 172 valence electrons. The van der Waals surface area contributed by atoms with E-state index < -0.39 is 23.6 Å². The van der Waals surface area contributed by atoms with E-state index in [0.29, 0.717) is 16.5 Å². The van der Waals surface area contributed by atoms with Crippen LogP contribution < -0.4 is 10.9 Å². The first-order valence-electron chi connectivity index (χ1n) is 9.89. The average Bonchev–Trinajstić information content (AvgIpc) is 2.75. The molecule has 0 aliphatic rings. The Kier molecular flexibility index (Phi) is 7.70. The predicted octanol–water partition coefficient (Wildman–Crippen LogP) is 4.41. The summed E-state index contributed by atoms with van der Waals surface area (Å²) in [5.41, 5.74) is 6.92. The lowest BCUT2D eigenvalue weighted by Crippen LogP contribution is -2.42. The van der Waals surface area contributed by atoms with Crippen LogP contribution in [0, 0.1) is 13.8 Å². The zero-order valence-corrected chi connectivity index (χ0v) is 18.7. The fourth-order valence-electron chi connectivity index (χ4n) is 2.94. The second kappa shape index (κ2) is 10.5. The van der Waals surface area contributed by atoms with Gasteiger partial charge in [0, 0.05) is 22.7 Å². The van der Waals surface area contributed by atoms with E-state index >= 15 is 0 Å². The molecule has 0 radical (unpaired) electrons. The number of rotatable bonds is 6. The first-order valence-corrected chi connectivity index (χ1v) is 10.9. The number of hydrogen-bond acceptors (Lipinski definition) is 5. The van der Waals surface area contributed by atoms with Crippen molar-refractivity contribution in [2.45, 2.75) is 37.4 Å². The van der Waals surface area contributed by atoms with Crippen molar-refractivity contribution in [3.8, 4) is 0 Å². The summed E-state index contributed by atoms with van der Waals surface area (Å²) in [6.07, 6.45) is -4.79. The smallest absolute Gasteiger partial charge is 0.273 e. The maximum absolute atomic E-state index is 12.8. The summed E-state index contributed by atoms with van der Waals surface area (Å²) in [7, 11) is 0. The van der Waals surface area contributed by atoms with Crippen molar-refractivity contribution in [2.75, 3.05) is 0 Å². The van der Waals surface area contributed by atoms with E-state index in [0.717, 1.165) is 29.1 Å². The Morgan fingerprint density at radius 1 is 0.909 bits per heavy atom. The van der Waals surface area contributed by atoms with Gasteiger partial charge in [-0.1, -0.05) is 42.1 Å². The molecule has 3 rings (SSSR count). The lowest BCUT2D eigenvalue weighted by molar-refractivity contribution is -0.137. The number of alkyl halides is 3. The largest absolute Gasteiger partial charge is 0.416 e. The zero-order valence-electron chi connectivity index (χ0n) is 17.9. The SMILES string of the molecule is Cc1cc(C)nc(SCc2ccc(C(=O)NNC(=O)Cc3cccc(C(F)(F)F)c3)cc2)n1. The van der Waals surface area contributed by atoms with Crippen LogP contribution in [-0.4, -0.2) is 21.8 Å². The van der Waals surface area contributed by atoms with E-state index in [-0.39, 0.29) is 12.0 Å². The minimum absolute atomic E-state index is 0.186. The number of nitrogens with one attached hydrogen (secondary N) is 2. The lowest BCUT2D eigenvalue weighted by atomic mass is 10.1. The zero-order chi connectivity index (χ0) is 24.0. The molecule has 0 bridgehead atoms. The van der Waals surface area contributed by atoms with Gasteiger partial charge in [0.05, 0.1) is 12.0 Å². The molecule has 0 unspecified atom stereocenters. The molecule has 33 heavy (non-hydrogen) atoms. The van der Waals surface area contributed by atoms with Crippen LogP contribution in [0.1, 0.15) is 38.4 Å². The van der Waals surface area contributed by atoms with Crippen molar-refractivity contribution in [3.05, 3.63) is 88.2 Å². The maximum Gasteiger partial charge on any atom is 0.416 e. The number of thioether (sulfide) groups is 1. The molecule has 1 aromatic heterocycles. The van der Waals surface area contributed by atoms with Gasteiger partial charge in [-0.25, -0.2) is 9.97 Å². The molecular weight excluding hydrogens is 453 g/mol. The van der Waals surface area contributed by atoms with Crippen LogP contribution in [0.2, 0.25) is 0 Å². The van der Waals surface area contributed by atoms with Gasteiger partial charge in [-0.15, -0.1) is 0 Å². The molecule has 1 heterocycles. The Morgan fingerprint density at radius 3 is 2.21 bits per heavy atom. The molecular formula is C23H21F3N4O2S. The number of hydrazine groups is 1. The van der Waals surface area contributed by atoms with Crippen molar-refractivity contribution in [2.24, 2.45) is 0 Å². The van der Waals surface area contributed by atoms with Gasteiger partial charge in [-0.05, 0) is 49.2 Å². The van der Waals surface area contributed by atoms with Crippen LogP contribution >= 0.6 is 11.8 Å². The lowest BCUT2D eigenvalue weighted by Gasteiger charge is -2.10. The van der Waals surface area contributed by atoms with Crippen molar-refractivity contribution >= 4 is 23.6 Å². The molecule has 0 saturated heterocycles. The fraction of sp³-hybridized carbons (Fsp3) is 0.217. The van der Waals surface area contributed by atoms with Gasteiger partial charge in [0.2, 0.25) is 5.91 Å². The van der Waals surface area contributed by atoms with Crippen molar-refractivity contribution in [3.63, 3.8) is 0 Å². The van der Waals surface area contributed by atoms with Crippen LogP contribution in [0.3, 0.4) is 0 Å². The van der Waals surface area contributed by atoms with E-state index in [1.165, 1.54) is 23.9 Å². The van der Waals surface area contributed by atoms with E-state index in [2.05, 4.69) is 20.8 Å². The average molecular weight is 475 g/mol. The maximum atomic E-state index is 12.8. The second-order valence-electron chi connectivity index (χ2n) is 7.30. The van der Waals surface area contributed by atoms with E-state index in [4.69, 9.17) is 0 Å². The molecule has 10 heteroatoms. The molecule has 0 saturated carbocycles. The topological polar surface area (TPSA) is 84.0 Å². The first kappa shape index (κ1) is 24.2. The second-order valence-corrected chi connectivity index (χ2v) is 8.24. The highest BCUT2D eigenvalue weighted by molar-refractivity contribution is 7.98. The number of benzene rings is 2. The Morgan fingerprint density at radius 2 is 1.58 bits per heavy atom. The number of amides is 2. The monoisotopic (exact) mass is 474 g/mol. The Hall–Kier alpha value is -3.40. The van der Waals surface area contributed by atoms with Crippen LogP contribution in [0.25, 0.3) is 0 Å². The molecule has 2 aromatic carbocycles. The Bertz CT molecular complexity index is 1130. The quantitative estimate of drug-likeness (QED) is 0.314. The third kappa shape index (κ3) is 7.31. The molecule has 0 fully saturated rings. The van der Waals surface area contributed by atoms with Gasteiger partial charge in [0.25, 0.3) is 5.91 Å². The molecule has 2 amide bonds. The summed E-state index contributed by atoms with van der Waals surface area (Å²) in [6, 6.07) is 13.2. The summed E-state index contributed by atoms with van der Waals surface area (Å²) in [4.78, 5) is 33.0. The Balaban J connectivity index is 1.49. The molecule has 0 atom stereocenters. The van der Waals surface area contributed by atoms with E-state index in [9.17, 15) is 22.8 Å². The highest BCUT2D eigenvalue weighted by atomic mass is 32.2. The summed E-state index contributed by atoms with van der Waals surface area (Å²) in [5, 5.41) is 0.679. The third-order valence-corrected chi connectivity index (χ3v) is 5.40. The highest BCUT2D eigenvalue weighted by Gasteiger charge is 2.30. The molecule has 3 aromatic rings. The number of halogens is 3. The van der Waals surface area contributed by atoms with Gasteiger partial charge in [-0.3, -0.25) is 20.4 Å². The fourth-order valence-corrected chi connectivity index (χ4v) is 3.85. The van der Waals surface area contributed by atoms with Gasteiger partial charge >= 0.3 is 6.18 Å². The number of nitrogens with zero attached hydrogens (tertiary/aromatic N) is 2. The molecule has 0 aliphatic heterocycles. The van der Waals surface area contributed by atoms with Crippen LogP contribution in [0.5, 0.6) is 0 Å². The molecule has 0 aliphatic carbocycles. The van der Waals surface area contributed by atoms with Crippen molar-refractivity contribution < 1.29 is 22.8 Å².